The summed E-state index contributed by atoms with van der Waals surface area (Å²) in [6, 6.07) is 10.4. The number of nitrogens with one attached hydrogen (secondary N) is 1. The van der Waals surface area contributed by atoms with E-state index >= 15 is 0 Å². The molecule has 2 aromatic carbocycles. The Kier molecular flexibility index (Phi) is 5.61. The normalized spacial score (nSPS) is 14.8. The first-order valence-corrected chi connectivity index (χ1v) is 8.35. The van der Waals surface area contributed by atoms with Crippen LogP contribution >= 0.6 is 0 Å². The Morgan fingerprint density at radius 3 is 2.71 bits per heavy atom. The molecule has 1 aliphatic rings. The molecule has 3 amide bonds. The maximum absolute atomic E-state index is 13.8. The molecule has 0 radical (unpaired) electrons. The van der Waals surface area contributed by atoms with Crippen LogP contribution in [0.4, 0.5) is 9.18 Å². The van der Waals surface area contributed by atoms with Gasteiger partial charge in [-0.15, -0.1) is 6.42 Å². The molecule has 0 bridgehead atoms. The smallest absolute Gasteiger partial charge is 0.329 e. The number of terminal acetylenes is 1. The van der Waals surface area contributed by atoms with E-state index < -0.39 is 17.8 Å². The van der Waals surface area contributed by atoms with Gasteiger partial charge < -0.3 is 14.8 Å². The number of halogens is 1. The molecule has 1 saturated heterocycles. The fraction of sp³-hybridized carbons (Fsp3) is 0.143. The number of benzene rings is 2. The molecule has 3 rings (SSSR count). The van der Waals surface area contributed by atoms with Crippen LogP contribution in [0.2, 0.25) is 0 Å². The zero-order chi connectivity index (χ0) is 20.1. The van der Waals surface area contributed by atoms with Crippen molar-refractivity contribution in [1.82, 2.24) is 10.2 Å². The van der Waals surface area contributed by atoms with Crippen LogP contribution in [0, 0.1) is 18.2 Å². The number of urea groups is 1. The highest BCUT2D eigenvalue weighted by molar-refractivity contribution is 6.13. The van der Waals surface area contributed by atoms with Crippen molar-refractivity contribution in [2.24, 2.45) is 0 Å². The topological polar surface area (TPSA) is 67.9 Å². The summed E-state index contributed by atoms with van der Waals surface area (Å²) in [5, 5.41) is 2.51. The number of hydrogen-bond acceptors (Lipinski definition) is 4. The lowest BCUT2D eigenvalue weighted by Gasteiger charge is -2.12. The molecular weight excluding hydrogens is 363 g/mol. The van der Waals surface area contributed by atoms with Crippen LogP contribution in [0.3, 0.4) is 0 Å². The predicted molar refractivity (Wildman–Crippen MR) is 101 cm³/mol. The second kappa shape index (κ2) is 8.27. The van der Waals surface area contributed by atoms with Gasteiger partial charge in [-0.3, -0.25) is 9.69 Å². The average Bonchev–Trinajstić information content (AvgIpc) is 2.95. The summed E-state index contributed by atoms with van der Waals surface area (Å²) < 4.78 is 24.5. The van der Waals surface area contributed by atoms with Crippen LogP contribution in [0.5, 0.6) is 11.5 Å². The van der Waals surface area contributed by atoms with E-state index in [1.165, 1.54) is 25.3 Å². The number of hydrogen-bond donors (Lipinski definition) is 1. The third-order valence-corrected chi connectivity index (χ3v) is 4.06. The molecular formula is C21H17FN2O4. The van der Waals surface area contributed by atoms with Crippen molar-refractivity contribution in [3.8, 4) is 23.8 Å². The lowest BCUT2D eigenvalue weighted by molar-refractivity contribution is -0.123. The number of rotatable bonds is 6. The summed E-state index contributed by atoms with van der Waals surface area (Å²) in [5.74, 6) is 2.24. The molecule has 28 heavy (non-hydrogen) atoms. The molecule has 7 heteroatoms. The summed E-state index contributed by atoms with van der Waals surface area (Å²) in [5.41, 5.74) is 0.950. The maximum Gasteiger partial charge on any atom is 0.329 e. The Labute approximate surface area is 161 Å². The van der Waals surface area contributed by atoms with E-state index in [9.17, 15) is 14.0 Å². The van der Waals surface area contributed by atoms with Crippen molar-refractivity contribution in [3.05, 3.63) is 65.1 Å². The third kappa shape index (κ3) is 3.96. The van der Waals surface area contributed by atoms with Gasteiger partial charge in [-0.25, -0.2) is 9.18 Å². The number of methoxy groups -OCH3 is 1. The molecule has 1 heterocycles. The van der Waals surface area contributed by atoms with E-state index in [4.69, 9.17) is 15.9 Å². The zero-order valence-electron chi connectivity index (χ0n) is 15.1. The van der Waals surface area contributed by atoms with E-state index in [2.05, 4.69) is 11.2 Å². The number of carbonyl (C=O) groups excluding carboxylic acids is 2. The Hall–Kier alpha value is -3.79. The van der Waals surface area contributed by atoms with Crippen molar-refractivity contribution in [1.29, 1.82) is 0 Å². The Bertz CT molecular complexity index is 994. The first-order valence-electron chi connectivity index (χ1n) is 8.35. The van der Waals surface area contributed by atoms with Crippen molar-refractivity contribution < 1.29 is 23.5 Å². The highest BCUT2D eigenvalue weighted by Gasteiger charge is 2.34. The van der Waals surface area contributed by atoms with E-state index in [-0.39, 0.29) is 24.4 Å². The van der Waals surface area contributed by atoms with Crippen molar-refractivity contribution in [2.75, 3.05) is 13.7 Å². The minimum atomic E-state index is -0.611. The number of ether oxygens (including phenoxy) is 2. The summed E-state index contributed by atoms with van der Waals surface area (Å²) in [7, 11) is 1.48. The van der Waals surface area contributed by atoms with Gasteiger partial charge in [0.1, 0.15) is 18.1 Å². The molecule has 142 valence electrons. The summed E-state index contributed by atoms with van der Waals surface area (Å²) in [6.45, 7) is -0.0623. The number of imide groups is 1. The van der Waals surface area contributed by atoms with Gasteiger partial charge in [0.05, 0.1) is 13.7 Å². The molecule has 0 atom stereocenters. The lowest BCUT2D eigenvalue weighted by atomic mass is 10.1. The molecule has 1 N–H and O–H groups in total. The van der Waals surface area contributed by atoms with Gasteiger partial charge in [0.25, 0.3) is 5.91 Å². The van der Waals surface area contributed by atoms with Gasteiger partial charge in [-0.05, 0) is 29.8 Å². The first-order chi connectivity index (χ1) is 13.5. The predicted octanol–water partition coefficient (Wildman–Crippen LogP) is 2.94. The summed E-state index contributed by atoms with van der Waals surface area (Å²) in [4.78, 5) is 25.7. The monoisotopic (exact) mass is 380 g/mol. The average molecular weight is 380 g/mol. The Morgan fingerprint density at radius 1 is 1.21 bits per heavy atom. The molecule has 0 saturated carbocycles. The Morgan fingerprint density at radius 2 is 2.00 bits per heavy atom. The minimum absolute atomic E-state index is 0.0840. The molecule has 0 spiro atoms. The van der Waals surface area contributed by atoms with Crippen molar-refractivity contribution in [3.63, 3.8) is 0 Å². The second-order valence-corrected chi connectivity index (χ2v) is 5.87. The van der Waals surface area contributed by atoms with E-state index in [1.807, 2.05) is 0 Å². The van der Waals surface area contributed by atoms with E-state index in [1.54, 1.807) is 30.3 Å². The van der Waals surface area contributed by atoms with Gasteiger partial charge >= 0.3 is 6.03 Å². The Balaban J connectivity index is 1.81. The quantitative estimate of drug-likeness (QED) is 0.475. The van der Waals surface area contributed by atoms with Gasteiger partial charge in [-0.2, -0.15) is 0 Å². The molecule has 2 aromatic rings. The molecule has 6 nitrogen and oxygen atoms in total. The summed E-state index contributed by atoms with van der Waals surface area (Å²) in [6.07, 6.45) is 6.69. The number of carbonyl (C=O) groups is 2. The highest BCUT2D eigenvalue weighted by atomic mass is 19.1. The van der Waals surface area contributed by atoms with Crippen LogP contribution in [0.15, 0.2) is 48.2 Å². The lowest BCUT2D eigenvalue weighted by Crippen LogP contribution is -2.30. The molecule has 1 aliphatic heterocycles. The van der Waals surface area contributed by atoms with Gasteiger partial charge in [0.2, 0.25) is 0 Å². The fourth-order valence-electron chi connectivity index (χ4n) is 2.69. The third-order valence-electron chi connectivity index (χ3n) is 4.06. The maximum atomic E-state index is 13.8. The molecule has 1 fully saturated rings. The molecule has 0 aliphatic carbocycles. The van der Waals surface area contributed by atoms with Crippen LogP contribution in [0.25, 0.3) is 6.08 Å². The van der Waals surface area contributed by atoms with Crippen molar-refractivity contribution in [2.45, 2.75) is 6.54 Å². The number of nitrogens with zero attached hydrogens (tertiary/aromatic N) is 1. The highest BCUT2D eigenvalue weighted by Crippen LogP contribution is 2.29. The van der Waals surface area contributed by atoms with Gasteiger partial charge in [0.15, 0.2) is 11.5 Å². The molecule has 0 aromatic heterocycles. The number of amides is 3. The van der Waals surface area contributed by atoms with Crippen LogP contribution in [-0.4, -0.2) is 30.6 Å². The molecule has 0 unspecified atom stereocenters. The fourth-order valence-corrected chi connectivity index (χ4v) is 2.69. The largest absolute Gasteiger partial charge is 0.493 e. The van der Waals surface area contributed by atoms with Crippen LogP contribution in [0.1, 0.15) is 11.1 Å². The van der Waals surface area contributed by atoms with Crippen LogP contribution in [-0.2, 0) is 11.3 Å². The van der Waals surface area contributed by atoms with E-state index in [0.29, 0.717) is 17.1 Å². The second-order valence-electron chi connectivity index (χ2n) is 5.87. The van der Waals surface area contributed by atoms with Gasteiger partial charge in [-0.1, -0.05) is 30.2 Å². The van der Waals surface area contributed by atoms with Gasteiger partial charge in [0, 0.05) is 5.56 Å². The first kappa shape index (κ1) is 19.0. The minimum Gasteiger partial charge on any atom is -0.493 e. The van der Waals surface area contributed by atoms with Crippen molar-refractivity contribution >= 4 is 18.0 Å². The summed E-state index contributed by atoms with van der Waals surface area (Å²) >= 11 is 0. The van der Waals surface area contributed by atoms with Crippen LogP contribution < -0.4 is 14.8 Å². The zero-order valence-corrected chi connectivity index (χ0v) is 15.1. The SMILES string of the molecule is C#CCOc1ccc(/C=C2\NC(=O)N(Cc3ccccc3F)C2=O)cc1OC. The standard InChI is InChI=1S/C21H17FN2O4/c1-3-10-28-18-9-8-14(12-19(18)27-2)11-17-20(25)24(21(26)23-17)13-15-6-4-5-7-16(15)22/h1,4-9,11-12H,10,13H2,2H3,(H,23,26)/b17-11-. The van der Waals surface area contributed by atoms with E-state index in [0.717, 1.165) is 4.90 Å².